The minimum absolute atomic E-state index is 0.102. The predicted molar refractivity (Wildman–Crippen MR) is 110 cm³/mol. The predicted octanol–water partition coefficient (Wildman–Crippen LogP) is 7.39. The highest BCUT2D eigenvalue weighted by Crippen LogP contribution is 2.20. The van der Waals surface area contributed by atoms with E-state index < -0.39 is 0 Å². The Balaban J connectivity index is 3.62. The molecule has 0 fully saturated rings. The van der Waals surface area contributed by atoms with Crippen LogP contribution in [0.25, 0.3) is 0 Å². The Labute approximate surface area is 157 Å². The number of hydrogen-bond donors (Lipinski definition) is 0. The number of ether oxygens (including phenoxy) is 1. The van der Waals surface area contributed by atoms with Gasteiger partial charge in [0, 0.05) is 11.8 Å². The van der Waals surface area contributed by atoms with E-state index in [0.29, 0.717) is 6.42 Å². The van der Waals surface area contributed by atoms with Gasteiger partial charge in [0.15, 0.2) is 0 Å². The molecule has 25 heavy (non-hydrogen) atoms. The van der Waals surface area contributed by atoms with Gasteiger partial charge in [0.05, 0.1) is 7.11 Å². The van der Waals surface area contributed by atoms with E-state index in [2.05, 4.69) is 49.8 Å². The lowest BCUT2D eigenvalue weighted by atomic mass is 9.91. The summed E-state index contributed by atoms with van der Waals surface area (Å²) in [6.45, 7) is 6.74. The summed E-state index contributed by atoms with van der Waals surface area (Å²) in [5, 5.41) is 0. The molecular formula is C23H42O2. The van der Waals surface area contributed by atoms with Crippen LogP contribution in [0.5, 0.6) is 0 Å². The molecule has 0 saturated carbocycles. The third kappa shape index (κ3) is 17.6. The van der Waals surface area contributed by atoms with E-state index >= 15 is 0 Å². The van der Waals surface area contributed by atoms with Gasteiger partial charge in [-0.1, -0.05) is 96.4 Å². The second-order valence-corrected chi connectivity index (χ2v) is 7.71. The van der Waals surface area contributed by atoms with Gasteiger partial charge in [-0.15, -0.1) is 0 Å². The fourth-order valence-electron chi connectivity index (χ4n) is 2.87. The highest BCUT2D eigenvalue weighted by Gasteiger charge is 2.07. The summed E-state index contributed by atoms with van der Waals surface area (Å²) in [6, 6.07) is 0. The first-order valence-electron chi connectivity index (χ1n) is 10.4. The molecule has 2 nitrogen and oxygen atoms in total. The summed E-state index contributed by atoms with van der Waals surface area (Å²) in [5.74, 6) is -0.117. The normalized spacial score (nSPS) is 12.3. The van der Waals surface area contributed by atoms with Crippen LogP contribution in [0.4, 0.5) is 0 Å². The smallest absolute Gasteiger partial charge is 0.305 e. The fourth-order valence-corrected chi connectivity index (χ4v) is 2.87. The maximum absolute atomic E-state index is 11.0. The van der Waals surface area contributed by atoms with E-state index in [0.717, 1.165) is 12.8 Å². The van der Waals surface area contributed by atoms with Crippen LogP contribution in [0, 0.1) is 5.41 Å². The van der Waals surface area contributed by atoms with Gasteiger partial charge in [-0.3, -0.25) is 4.79 Å². The lowest BCUT2D eigenvalue weighted by molar-refractivity contribution is -0.140. The molecule has 0 rings (SSSR count). The van der Waals surface area contributed by atoms with Crippen molar-refractivity contribution in [3.63, 3.8) is 0 Å². The molecule has 0 spiro atoms. The van der Waals surface area contributed by atoms with Crippen molar-refractivity contribution in [1.29, 1.82) is 0 Å². The second kappa shape index (κ2) is 16.4. The molecule has 146 valence electrons. The van der Waals surface area contributed by atoms with E-state index in [1.807, 2.05) is 0 Å². The topological polar surface area (TPSA) is 26.3 Å². The number of hydrogen-bond acceptors (Lipinski definition) is 2. The quantitative estimate of drug-likeness (QED) is 0.165. The van der Waals surface area contributed by atoms with Crippen LogP contribution < -0.4 is 0 Å². The van der Waals surface area contributed by atoms with E-state index in [-0.39, 0.29) is 11.4 Å². The summed E-state index contributed by atoms with van der Waals surface area (Å²) < 4.78 is 4.65. The van der Waals surface area contributed by atoms with E-state index in [1.165, 1.54) is 71.3 Å². The van der Waals surface area contributed by atoms with Gasteiger partial charge in [0.1, 0.15) is 0 Å². The van der Waals surface area contributed by atoms with Crippen LogP contribution in [-0.2, 0) is 9.53 Å². The number of esters is 1. The van der Waals surface area contributed by atoms with Crippen LogP contribution in [0.15, 0.2) is 24.3 Å². The summed E-state index contributed by atoms with van der Waals surface area (Å²) in [5.41, 5.74) is 0.102. The monoisotopic (exact) mass is 350 g/mol. The van der Waals surface area contributed by atoms with Crippen molar-refractivity contribution in [3.8, 4) is 0 Å². The maximum atomic E-state index is 11.0. The van der Waals surface area contributed by atoms with Gasteiger partial charge in [0.2, 0.25) is 0 Å². The van der Waals surface area contributed by atoms with Crippen LogP contribution in [0.2, 0.25) is 0 Å². The fraction of sp³-hybridized carbons (Fsp3) is 0.783. The molecule has 0 aliphatic carbocycles. The van der Waals surface area contributed by atoms with Crippen molar-refractivity contribution >= 4 is 5.97 Å². The zero-order valence-corrected chi connectivity index (χ0v) is 17.3. The van der Waals surface area contributed by atoms with Gasteiger partial charge in [-0.25, -0.2) is 0 Å². The summed E-state index contributed by atoms with van der Waals surface area (Å²) in [7, 11) is 1.44. The molecule has 0 radical (unpaired) electrons. The minimum atomic E-state index is -0.117. The van der Waals surface area contributed by atoms with Crippen molar-refractivity contribution in [2.24, 2.45) is 5.41 Å². The van der Waals surface area contributed by atoms with Crippen molar-refractivity contribution in [2.75, 3.05) is 7.11 Å². The zero-order chi connectivity index (χ0) is 18.8. The van der Waals surface area contributed by atoms with Gasteiger partial charge in [-0.05, 0) is 25.7 Å². The molecular weight excluding hydrogens is 308 g/mol. The Morgan fingerprint density at radius 2 is 1.28 bits per heavy atom. The van der Waals surface area contributed by atoms with Crippen molar-refractivity contribution in [2.45, 2.75) is 104 Å². The average Bonchev–Trinajstić information content (AvgIpc) is 2.59. The molecule has 0 aliphatic heterocycles. The number of rotatable bonds is 16. The third-order valence-corrected chi connectivity index (χ3v) is 4.55. The summed E-state index contributed by atoms with van der Waals surface area (Å²) in [4.78, 5) is 11.0. The molecule has 0 unspecified atom stereocenters. The maximum Gasteiger partial charge on any atom is 0.305 e. The Morgan fingerprint density at radius 1 is 0.800 bits per heavy atom. The van der Waals surface area contributed by atoms with Crippen LogP contribution >= 0.6 is 0 Å². The molecule has 2 heteroatoms. The first-order chi connectivity index (χ1) is 12.0. The van der Waals surface area contributed by atoms with Gasteiger partial charge in [0.25, 0.3) is 0 Å². The molecule has 0 atom stereocenters. The number of carbonyl (C=O) groups excluding carboxylic acids is 1. The second-order valence-electron chi connectivity index (χ2n) is 7.71. The Bertz CT molecular complexity index is 366. The number of allylic oxidation sites excluding steroid dienone is 4. The largest absolute Gasteiger partial charge is 0.469 e. The molecule has 0 N–H and O–H groups in total. The molecule has 0 aromatic heterocycles. The lowest BCUT2D eigenvalue weighted by Crippen LogP contribution is -2.02. The third-order valence-electron chi connectivity index (χ3n) is 4.55. The van der Waals surface area contributed by atoms with E-state index in [1.54, 1.807) is 0 Å². The lowest BCUT2D eigenvalue weighted by Gasteiger charge is -2.14. The average molecular weight is 351 g/mol. The van der Waals surface area contributed by atoms with Crippen molar-refractivity contribution in [1.82, 2.24) is 0 Å². The first kappa shape index (κ1) is 23.9. The molecule has 0 amide bonds. The number of unbranched alkanes of at least 4 members (excludes halogenated alkanes) is 10. The molecule has 0 aromatic rings. The van der Waals surface area contributed by atoms with Crippen LogP contribution in [0.3, 0.4) is 0 Å². The van der Waals surface area contributed by atoms with Gasteiger partial charge >= 0.3 is 5.97 Å². The zero-order valence-electron chi connectivity index (χ0n) is 17.3. The first-order valence-corrected chi connectivity index (χ1v) is 10.4. The molecule has 0 heterocycles. The molecule has 0 aromatic carbocycles. The number of methoxy groups -OCH3 is 1. The molecule has 0 bridgehead atoms. The van der Waals surface area contributed by atoms with Crippen LogP contribution in [-0.4, -0.2) is 13.1 Å². The highest BCUT2D eigenvalue weighted by molar-refractivity contribution is 5.69. The van der Waals surface area contributed by atoms with Gasteiger partial charge < -0.3 is 4.74 Å². The summed E-state index contributed by atoms with van der Waals surface area (Å²) in [6.07, 6.45) is 25.1. The Morgan fingerprint density at radius 3 is 1.80 bits per heavy atom. The standard InChI is InChI=1S/C23H42O2/c1-5-6-7-8-9-10-11-12-13-14-17-20-23(2,3)21-18-15-16-19-22(24)25-4/h17-18,20-21H,5-16,19H2,1-4H3/b20-17-,21-18-. The van der Waals surface area contributed by atoms with E-state index in [4.69, 9.17) is 0 Å². The van der Waals surface area contributed by atoms with Gasteiger partial charge in [-0.2, -0.15) is 0 Å². The highest BCUT2D eigenvalue weighted by atomic mass is 16.5. The Hall–Kier alpha value is -1.05. The Kier molecular flexibility index (Phi) is 15.7. The number of carbonyl (C=O) groups is 1. The van der Waals surface area contributed by atoms with Crippen LogP contribution in [0.1, 0.15) is 104 Å². The molecule has 0 aliphatic rings. The van der Waals surface area contributed by atoms with Crippen molar-refractivity contribution < 1.29 is 9.53 Å². The summed E-state index contributed by atoms with van der Waals surface area (Å²) >= 11 is 0. The van der Waals surface area contributed by atoms with E-state index in [9.17, 15) is 4.79 Å². The van der Waals surface area contributed by atoms with Crippen molar-refractivity contribution in [3.05, 3.63) is 24.3 Å². The molecule has 0 saturated heterocycles. The SMILES string of the molecule is CCCCCCCCCCC/C=C\C(C)(C)/C=C\CCCC(=O)OC. The minimum Gasteiger partial charge on any atom is -0.469 e.